The predicted octanol–water partition coefficient (Wildman–Crippen LogP) is 0.286. The Labute approximate surface area is 120 Å². The van der Waals surface area contributed by atoms with E-state index in [1.807, 2.05) is 0 Å². The molecule has 6 nitrogen and oxygen atoms in total. The molecule has 0 aromatic carbocycles. The molecule has 2 saturated heterocycles. The van der Waals surface area contributed by atoms with Gasteiger partial charge >= 0.3 is 5.97 Å². The monoisotopic (exact) mass is 331 g/mol. The number of hydrogen-bond donors (Lipinski definition) is 3. The lowest BCUT2D eigenvalue weighted by Crippen LogP contribution is -2.48. The summed E-state index contributed by atoms with van der Waals surface area (Å²) in [6, 6.07) is 0.361. The molecule has 3 rings (SSSR count). The van der Waals surface area contributed by atoms with Crippen LogP contribution in [0.5, 0.6) is 0 Å². The summed E-state index contributed by atoms with van der Waals surface area (Å²) in [5, 5.41) is 9.04. The van der Waals surface area contributed by atoms with Crippen molar-refractivity contribution in [3.05, 3.63) is 0 Å². The molecule has 1 saturated carbocycles. The Morgan fingerprint density at radius 2 is 2.16 bits per heavy atom. The van der Waals surface area contributed by atoms with Gasteiger partial charge in [0.25, 0.3) is 0 Å². The van der Waals surface area contributed by atoms with E-state index in [4.69, 9.17) is 5.11 Å². The number of nitrogens with zero attached hydrogens (tertiary/aromatic N) is 1. The second kappa shape index (κ2) is 5.03. The average Bonchev–Trinajstić information content (AvgIpc) is 2.92. The first kappa shape index (κ1) is 13.3. The van der Waals surface area contributed by atoms with E-state index in [-0.39, 0.29) is 18.5 Å². The van der Waals surface area contributed by atoms with E-state index in [2.05, 4.69) is 26.8 Å². The summed E-state index contributed by atoms with van der Waals surface area (Å²) in [6.07, 6.45) is 3.27. The molecule has 5 atom stereocenters. The van der Waals surface area contributed by atoms with Crippen LogP contribution in [0, 0.1) is 11.8 Å². The third-order valence-corrected chi connectivity index (χ3v) is 5.34. The number of nitrogens with one attached hydrogen (secondary N) is 2. The first-order chi connectivity index (χ1) is 9.06. The third-order valence-electron chi connectivity index (χ3n) is 4.51. The highest BCUT2D eigenvalue weighted by Gasteiger charge is 2.47. The standard InChI is InChI=1S/C12H18BrN3O3/c13-7-1-2-8-9(4-7)14-15-11(8)16-5-6(12(18)19)3-10(16)17/h6-9,11,14-15H,1-5H2,(H,18,19). The van der Waals surface area contributed by atoms with E-state index in [1.54, 1.807) is 4.90 Å². The summed E-state index contributed by atoms with van der Waals surface area (Å²) >= 11 is 3.64. The van der Waals surface area contributed by atoms with Crippen LogP contribution in [0.15, 0.2) is 0 Å². The minimum atomic E-state index is -0.873. The van der Waals surface area contributed by atoms with E-state index in [1.165, 1.54) is 0 Å². The number of carboxylic acid groups (broad SMARTS) is 1. The Morgan fingerprint density at radius 1 is 1.37 bits per heavy atom. The van der Waals surface area contributed by atoms with Crippen molar-refractivity contribution in [2.45, 2.75) is 42.7 Å². The highest BCUT2D eigenvalue weighted by molar-refractivity contribution is 9.09. The molecule has 0 spiro atoms. The molecule has 0 aromatic heterocycles. The molecular weight excluding hydrogens is 314 g/mol. The number of carboxylic acids is 1. The number of alkyl halides is 1. The zero-order chi connectivity index (χ0) is 13.6. The number of hydrogen-bond acceptors (Lipinski definition) is 4. The van der Waals surface area contributed by atoms with Gasteiger partial charge in [-0.3, -0.25) is 15.0 Å². The number of rotatable bonds is 2. The van der Waals surface area contributed by atoms with Gasteiger partial charge in [0.1, 0.15) is 0 Å². The van der Waals surface area contributed by atoms with Crippen molar-refractivity contribution in [3.63, 3.8) is 0 Å². The van der Waals surface area contributed by atoms with Crippen LogP contribution in [-0.2, 0) is 9.59 Å². The lowest BCUT2D eigenvalue weighted by molar-refractivity contribution is -0.141. The van der Waals surface area contributed by atoms with Crippen LogP contribution in [-0.4, -0.2) is 45.5 Å². The van der Waals surface area contributed by atoms with Crippen molar-refractivity contribution in [2.24, 2.45) is 11.8 Å². The van der Waals surface area contributed by atoms with Gasteiger partial charge in [0.05, 0.1) is 12.1 Å². The van der Waals surface area contributed by atoms with E-state index >= 15 is 0 Å². The number of carbonyl (C=O) groups is 2. The molecule has 3 aliphatic rings. The van der Waals surface area contributed by atoms with Crippen molar-refractivity contribution in [1.82, 2.24) is 15.8 Å². The quantitative estimate of drug-likeness (QED) is 0.633. The Balaban J connectivity index is 1.70. The molecule has 5 unspecified atom stereocenters. The first-order valence-corrected chi connectivity index (χ1v) is 7.65. The topological polar surface area (TPSA) is 81.7 Å². The molecule has 19 heavy (non-hydrogen) atoms. The summed E-state index contributed by atoms with van der Waals surface area (Å²) in [5.41, 5.74) is 6.45. The van der Waals surface area contributed by atoms with Crippen molar-refractivity contribution in [3.8, 4) is 0 Å². The molecular formula is C12H18BrN3O3. The summed E-state index contributed by atoms with van der Waals surface area (Å²) in [6.45, 7) is 0.328. The molecule has 106 valence electrons. The SMILES string of the molecule is O=C(O)C1CC(=O)N(C2NNC3CC(Br)CCC32)C1. The fraction of sp³-hybridized carbons (Fsp3) is 0.833. The Kier molecular flexibility index (Phi) is 3.53. The maximum atomic E-state index is 12.0. The van der Waals surface area contributed by atoms with Crippen LogP contribution in [0.1, 0.15) is 25.7 Å². The Bertz CT molecular complexity index is 406. The number of likely N-dealkylation sites (tertiary alicyclic amines) is 1. The highest BCUT2D eigenvalue weighted by Crippen LogP contribution is 2.36. The number of carbonyl (C=O) groups excluding carboxylic acids is 1. The van der Waals surface area contributed by atoms with Crippen LogP contribution in [0.4, 0.5) is 0 Å². The predicted molar refractivity (Wildman–Crippen MR) is 71.4 cm³/mol. The fourth-order valence-corrected chi connectivity index (χ4v) is 4.13. The van der Waals surface area contributed by atoms with E-state index in [0.29, 0.717) is 23.3 Å². The van der Waals surface area contributed by atoms with Gasteiger partial charge < -0.3 is 10.0 Å². The number of aliphatic carboxylic acids is 1. The maximum Gasteiger partial charge on any atom is 0.308 e. The highest BCUT2D eigenvalue weighted by atomic mass is 79.9. The zero-order valence-corrected chi connectivity index (χ0v) is 12.1. The lowest BCUT2D eigenvalue weighted by Gasteiger charge is -2.34. The Morgan fingerprint density at radius 3 is 2.84 bits per heavy atom. The van der Waals surface area contributed by atoms with Gasteiger partial charge in [0, 0.05) is 29.8 Å². The van der Waals surface area contributed by atoms with Crippen LogP contribution >= 0.6 is 15.9 Å². The van der Waals surface area contributed by atoms with Crippen LogP contribution < -0.4 is 10.9 Å². The van der Waals surface area contributed by atoms with Gasteiger partial charge in [-0.1, -0.05) is 15.9 Å². The van der Waals surface area contributed by atoms with E-state index in [9.17, 15) is 9.59 Å². The van der Waals surface area contributed by atoms with Crippen molar-refractivity contribution >= 4 is 27.8 Å². The van der Waals surface area contributed by atoms with Crippen molar-refractivity contribution in [2.75, 3.05) is 6.54 Å². The molecule has 7 heteroatoms. The number of amides is 1. The van der Waals surface area contributed by atoms with Gasteiger partial charge in [-0.15, -0.1) is 0 Å². The van der Waals surface area contributed by atoms with Gasteiger partial charge in [0.15, 0.2) is 0 Å². The summed E-state index contributed by atoms with van der Waals surface area (Å²) in [7, 11) is 0. The maximum absolute atomic E-state index is 12.0. The fourth-order valence-electron chi connectivity index (χ4n) is 3.46. The molecule has 0 bridgehead atoms. The van der Waals surface area contributed by atoms with Gasteiger partial charge in [-0.25, -0.2) is 5.43 Å². The molecule has 3 N–H and O–H groups in total. The van der Waals surface area contributed by atoms with Gasteiger partial charge in [-0.05, 0) is 19.3 Å². The van der Waals surface area contributed by atoms with Crippen LogP contribution in [0.25, 0.3) is 0 Å². The van der Waals surface area contributed by atoms with Gasteiger partial charge in [0.2, 0.25) is 5.91 Å². The largest absolute Gasteiger partial charge is 0.481 e. The first-order valence-electron chi connectivity index (χ1n) is 6.73. The molecule has 3 fully saturated rings. The number of fused-ring (bicyclic) bond motifs is 1. The summed E-state index contributed by atoms with van der Waals surface area (Å²) < 4.78 is 0. The molecule has 0 radical (unpaired) electrons. The Hall–Kier alpha value is -0.660. The van der Waals surface area contributed by atoms with Crippen LogP contribution in [0.3, 0.4) is 0 Å². The van der Waals surface area contributed by atoms with Crippen molar-refractivity contribution < 1.29 is 14.7 Å². The second-order valence-corrected chi connectivity index (χ2v) is 6.99. The minimum Gasteiger partial charge on any atom is -0.481 e. The van der Waals surface area contributed by atoms with E-state index in [0.717, 1.165) is 19.3 Å². The average molecular weight is 332 g/mol. The molecule has 2 heterocycles. The van der Waals surface area contributed by atoms with Crippen LogP contribution in [0.2, 0.25) is 0 Å². The lowest BCUT2D eigenvalue weighted by atomic mass is 9.84. The van der Waals surface area contributed by atoms with Crippen molar-refractivity contribution in [1.29, 1.82) is 0 Å². The minimum absolute atomic E-state index is 0.0479. The zero-order valence-electron chi connectivity index (χ0n) is 10.5. The van der Waals surface area contributed by atoms with Gasteiger partial charge in [-0.2, -0.15) is 0 Å². The molecule has 0 aromatic rings. The number of hydrazine groups is 1. The number of halogens is 1. The summed E-state index contributed by atoms with van der Waals surface area (Å²) in [4.78, 5) is 25.3. The third kappa shape index (κ3) is 2.39. The van der Waals surface area contributed by atoms with E-state index < -0.39 is 11.9 Å². The smallest absolute Gasteiger partial charge is 0.308 e. The molecule has 1 amide bonds. The second-order valence-electron chi connectivity index (χ2n) is 5.70. The molecule has 2 aliphatic heterocycles. The summed E-state index contributed by atoms with van der Waals surface area (Å²) in [5.74, 6) is -1.10. The normalized spacial score (nSPS) is 42.5. The molecule has 1 aliphatic carbocycles.